The maximum atomic E-state index is 12.3. The Hall–Kier alpha value is -1.26. The molecule has 114 valence electrons. The van der Waals surface area contributed by atoms with Crippen molar-refractivity contribution in [1.82, 2.24) is 10.2 Å². The van der Waals surface area contributed by atoms with E-state index >= 15 is 0 Å². The lowest BCUT2D eigenvalue weighted by atomic mass is 9.82. The molecule has 1 aliphatic heterocycles. The first-order chi connectivity index (χ1) is 9.22. The summed E-state index contributed by atoms with van der Waals surface area (Å²) >= 11 is 0. The van der Waals surface area contributed by atoms with Gasteiger partial charge in [-0.05, 0) is 44.4 Å². The van der Waals surface area contributed by atoms with Gasteiger partial charge in [-0.15, -0.1) is 0 Å². The Morgan fingerprint density at radius 3 is 2.50 bits per heavy atom. The molecule has 2 rings (SSSR count). The predicted octanol–water partition coefficient (Wildman–Crippen LogP) is 2.46. The van der Waals surface area contributed by atoms with E-state index in [9.17, 15) is 14.7 Å². The van der Waals surface area contributed by atoms with E-state index in [1.54, 1.807) is 11.8 Å². The number of piperidine rings is 1. The summed E-state index contributed by atoms with van der Waals surface area (Å²) in [6, 6.07) is 0.135. The van der Waals surface area contributed by atoms with Crippen LogP contribution in [0.3, 0.4) is 0 Å². The topological polar surface area (TPSA) is 69.6 Å². The Morgan fingerprint density at radius 1 is 1.25 bits per heavy atom. The van der Waals surface area contributed by atoms with Gasteiger partial charge in [-0.1, -0.05) is 13.8 Å². The Balaban J connectivity index is 1.91. The molecule has 5 heteroatoms. The van der Waals surface area contributed by atoms with Gasteiger partial charge in [0.25, 0.3) is 0 Å². The average molecular weight is 282 g/mol. The molecular weight excluding hydrogens is 256 g/mol. The highest BCUT2D eigenvalue weighted by Crippen LogP contribution is 2.37. The highest BCUT2D eigenvalue weighted by atomic mass is 16.4. The molecule has 2 N–H and O–H groups in total. The second-order valence-corrected chi connectivity index (χ2v) is 7.44. The number of aliphatic carboxylic acids is 1. The Kier molecular flexibility index (Phi) is 3.98. The molecular formula is C15H26N2O3. The lowest BCUT2D eigenvalue weighted by molar-refractivity contribution is -0.150. The highest BCUT2D eigenvalue weighted by Gasteiger charge is 2.40. The fourth-order valence-electron chi connectivity index (χ4n) is 3.41. The molecule has 2 aliphatic rings. The van der Waals surface area contributed by atoms with Gasteiger partial charge in [-0.25, -0.2) is 4.79 Å². The summed E-state index contributed by atoms with van der Waals surface area (Å²) in [6.07, 6.45) is 4.55. The number of carboxylic acid groups (broad SMARTS) is 1. The largest absolute Gasteiger partial charge is 0.481 e. The van der Waals surface area contributed by atoms with Crippen molar-refractivity contribution >= 4 is 12.0 Å². The van der Waals surface area contributed by atoms with Crippen molar-refractivity contribution in [3.05, 3.63) is 0 Å². The first kappa shape index (κ1) is 15.1. The molecule has 0 aromatic heterocycles. The first-order valence-electron chi connectivity index (χ1n) is 7.51. The minimum absolute atomic E-state index is 0.0973. The lowest BCUT2D eigenvalue weighted by Crippen LogP contribution is -2.53. The van der Waals surface area contributed by atoms with Gasteiger partial charge < -0.3 is 15.3 Å². The number of urea groups is 1. The van der Waals surface area contributed by atoms with Gasteiger partial charge in [0, 0.05) is 19.1 Å². The third-order valence-corrected chi connectivity index (χ3v) is 4.80. The predicted molar refractivity (Wildman–Crippen MR) is 76.5 cm³/mol. The van der Waals surface area contributed by atoms with E-state index < -0.39 is 11.4 Å². The van der Waals surface area contributed by atoms with Crippen molar-refractivity contribution < 1.29 is 14.7 Å². The molecule has 5 nitrogen and oxygen atoms in total. The molecule has 20 heavy (non-hydrogen) atoms. The summed E-state index contributed by atoms with van der Waals surface area (Å²) in [5.74, 6) is -0.808. The molecule has 0 aromatic rings. The standard InChI is InChI=1S/C15H26N2O3/c1-14(2)7-5-11(9-14)16-13(20)17-8-4-6-15(3,10-17)12(18)19/h11H,4-10H2,1-3H3,(H,16,20)(H,18,19). The SMILES string of the molecule is CC1(C)CCC(NC(=O)N2CCCC(C)(C(=O)O)C2)C1. The Bertz CT molecular complexity index is 408. The van der Waals surface area contributed by atoms with Crippen LogP contribution in [0.5, 0.6) is 0 Å². The monoisotopic (exact) mass is 282 g/mol. The van der Waals surface area contributed by atoms with Crippen molar-refractivity contribution in [2.75, 3.05) is 13.1 Å². The van der Waals surface area contributed by atoms with Crippen LogP contribution in [0.25, 0.3) is 0 Å². The fraction of sp³-hybridized carbons (Fsp3) is 0.867. The molecule has 0 spiro atoms. The molecule has 2 amide bonds. The number of hydrogen-bond donors (Lipinski definition) is 2. The van der Waals surface area contributed by atoms with Crippen LogP contribution < -0.4 is 5.32 Å². The minimum Gasteiger partial charge on any atom is -0.481 e. The minimum atomic E-state index is -0.808. The highest BCUT2D eigenvalue weighted by molar-refractivity contribution is 5.78. The van der Waals surface area contributed by atoms with Gasteiger partial charge in [-0.2, -0.15) is 0 Å². The maximum Gasteiger partial charge on any atom is 0.317 e. The van der Waals surface area contributed by atoms with Gasteiger partial charge in [0.1, 0.15) is 0 Å². The number of hydrogen-bond acceptors (Lipinski definition) is 2. The summed E-state index contributed by atoms with van der Waals surface area (Å²) in [4.78, 5) is 25.3. The molecule has 1 aliphatic carbocycles. The van der Waals surface area contributed by atoms with Crippen molar-refractivity contribution in [3.63, 3.8) is 0 Å². The Morgan fingerprint density at radius 2 is 1.95 bits per heavy atom. The van der Waals surface area contributed by atoms with E-state index in [-0.39, 0.29) is 12.1 Å². The van der Waals surface area contributed by atoms with Crippen molar-refractivity contribution in [2.45, 2.75) is 58.9 Å². The number of carbonyl (C=O) groups excluding carboxylic acids is 1. The van der Waals surface area contributed by atoms with Crippen LogP contribution in [-0.4, -0.2) is 41.1 Å². The smallest absolute Gasteiger partial charge is 0.317 e. The van der Waals surface area contributed by atoms with Gasteiger partial charge in [0.2, 0.25) is 0 Å². The van der Waals surface area contributed by atoms with Crippen LogP contribution >= 0.6 is 0 Å². The summed E-state index contributed by atoms with van der Waals surface area (Å²) in [6.45, 7) is 7.14. The number of likely N-dealkylation sites (tertiary alicyclic amines) is 1. The molecule has 1 heterocycles. The van der Waals surface area contributed by atoms with E-state index in [2.05, 4.69) is 19.2 Å². The molecule has 1 saturated heterocycles. The van der Waals surface area contributed by atoms with Crippen molar-refractivity contribution in [3.8, 4) is 0 Å². The molecule has 2 fully saturated rings. The van der Waals surface area contributed by atoms with Gasteiger partial charge in [0.05, 0.1) is 5.41 Å². The molecule has 0 aromatic carbocycles. The normalized spacial score (nSPS) is 33.0. The number of carboxylic acids is 1. The van der Waals surface area contributed by atoms with E-state index in [1.165, 1.54) is 0 Å². The van der Waals surface area contributed by atoms with Crippen LogP contribution in [0.4, 0.5) is 4.79 Å². The van der Waals surface area contributed by atoms with Crippen LogP contribution in [-0.2, 0) is 4.79 Å². The molecule has 0 bridgehead atoms. The average Bonchev–Trinajstić information content (AvgIpc) is 2.68. The maximum absolute atomic E-state index is 12.3. The van der Waals surface area contributed by atoms with Crippen molar-refractivity contribution in [2.24, 2.45) is 10.8 Å². The fourth-order valence-corrected chi connectivity index (χ4v) is 3.41. The van der Waals surface area contributed by atoms with Gasteiger partial charge in [-0.3, -0.25) is 4.79 Å². The van der Waals surface area contributed by atoms with E-state index in [0.29, 0.717) is 24.9 Å². The van der Waals surface area contributed by atoms with Crippen molar-refractivity contribution in [1.29, 1.82) is 0 Å². The van der Waals surface area contributed by atoms with E-state index in [1.807, 2.05) is 0 Å². The molecule has 2 atom stereocenters. The lowest BCUT2D eigenvalue weighted by Gasteiger charge is -2.38. The van der Waals surface area contributed by atoms with Gasteiger partial charge >= 0.3 is 12.0 Å². The molecule has 1 saturated carbocycles. The zero-order chi connectivity index (χ0) is 15.0. The van der Waals surface area contributed by atoms with Crippen LogP contribution in [0.1, 0.15) is 52.9 Å². The van der Waals surface area contributed by atoms with Crippen LogP contribution in [0.15, 0.2) is 0 Å². The molecule has 2 unspecified atom stereocenters. The quantitative estimate of drug-likeness (QED) is 0.817. The number of amides is 2. The molecule has 0 radical (unpaired) electrons. The Labute approximate surface area is 120 Å². The summed E-state index contributed by atoms with van der Waals surface area (Å²) in [5, 5.41) is 12.4. The second-order valence-electron chi connectivity index (χ2n) is 7.44. The third-order valence-electron chi connectivity index (χ3n) is 4.80. The zero-order valence-electron chi connectivity index (χ0n) is 12.7. The summed E-state index contributed by atoms with van der Waals surface area (Å²) in [5.41, 5.74) is -0.500. The van der Waals surface area contributed by atoms with E-state index in [4.69, 9.17) is 0 Å². The summed E-state index contributed by atoms with van der Waals surface area (Å²) in [7, 11) is 0. The van der Waals surface area contributed by atoms with Crippen LogP contribution in [0, 0.1) is 10.8 Å². The number of nitrogens with zero attached hydrogens (tertiary/aromatic N) is 1. The summed E-state index contributed by atoms with van der Waals surface area (Å²) < 4.78 is 0. The third kappa shape index (κ3) is 3.25. The van der Waals surface area contributed by atoms with Gasteiger partial charge in [0.15, 0.2) is 0 Å². The number of carbonyl (C=O) groups is 2. The number of rotatable bonds is 2. The van der Waals surface area contributed by atoms with Crippen LogP contribution in [0.2, 0.25) is 0 Å². The van der Waals surface area contributed by atoms with E-state index in [0.717, 1.165) is 25.7 Å². The number of nitrogens with one attached hydrogen (secondary N) is 1. The second kappa shape index (κ2) is 5.26. The first-order valence-corrected chi connectivity index (χ1v) is 7.51. The zero-order valence-corrected chi connectivity index (χ0v) is 12.7.